The maximum absolute atomic E-state index is 12.7. The molecule has 3 heterocycles. The number of piperidine rings is 1. The van der Waals surface area contributed by atoms with E-state index in [0.717, 1.165) is 18.5 Å². The maximum Gasteiger partial charge on any atom is 0.253 e. The van der Waals surface area contributed by atoms with E-state index in [4.69, 9.17) is 4.74 Å². The summed E-state index contributed by atoms with van der Waals surface area (Å²) in [5.41, 5.74) is 0.981. The van der Waals surface area contributed by atoms with Crippen LogP contribution in [0.4, 0.5) is 0 Å². The van der Waals surface area contributed by atoms with Crippen LogP contribution in [0, 0.1) is 0 Å². The highest BCUT2D eigenvalue weighted by Crippen LogP contribution is 2.35. The number of hydrogen-bond acceptors (Lipinski definition) is 6. The van der Waals surface area contributed by atoms with Crippen LogP contribution in [0.25, 0.3) is 5.69 Å². The van der Waals surface area contributed by atoms with E-state index < -0.39 is 11.7 Å². The predicted octanol–water partition coefficient (Wildman–Crippen LogP) is 0.808. The summed E-state index contributed by atoms with van der Waals surface area (Å²) >= 11 is 0. The molecule has 1 aromatic carbocycles. The summed E-state index contributed by atoms with van der Waals surface area (Å²) in [6.07, 6.45) is 4.14. The molecule has 0 bridgehead atoms. The Morgan fingerprint density at radius 1 is 1.24 bits per heavy atom. The van der Waals surface area contributed by atoms with Crippen LogP contribution >= 0.6 is 0 Å². The van der Waals surface area contributed by atoms with E-state index in [1.54, 1.807) is 16.8 Å². The van der Waals surface area contributed by atoms with Crippen molar-refractivity contribution in [1.29, 1.82) is 0 Å². The minimum atomic E-state index is -0.459. The molecule has 2 aliphatic rings. The standard InChI is InChI=1S/C17H21N5O3/c23-15-2-1-11-25-17(15)7-9-21(10-8-17)16(24)13-3-5-14(6-4-13)22-12-18-19-20-22/h3-6,12,15,23H,1-2,7-11H2/t15-/m0/s1. The molecule has 25 heavy (non-hydrogen) atoms. The third-order valence-electron chi connectivity index (χ3n) is 5.24. The molecule has 0 saturated carbocycles. The van der Waals surface area contributed by atoms with Crippen LogP contribution in [0.2, 0.25) is 0 Å². The maximum atomic E-state index is 12.7. The van der Waals surface area contributed by atoms with Gasteiger partial charge in [0.25, 0.3) is 5.91 Å². The van der Waals surface area contributed by atoms with Crippen molar-refractivity contribution in [2.75, 3.05) is 19.7 Å². The molecule has 2 saturated heterocycles. The average molecular weight is 343 g/mol. The van der Waals surface area contributed by atoms with E-state index in [1.807, 2.05) is 17.0 Å². The second-order valence-corrected chi connectivity index (χ2v) is 6.66. The van der Waals surface area contributed by atoms with Crippen LogP contribution in [-0.2, 0) is 4.74 Å². The van der Waals surface area contributed by atoms with E-state index in [9.17, 15) is 9.90 Å². The Morgan fingerprint density at radius 2 is 2.00 bits per heavy atom. The summed E-state index contributed by atoms with van der Waals surface area (Å²) in [4.78, 5) is 14.6. The Bertz CT molecular complexity index is 723. The van der Waals surface area contributed by atoms with Crippen molar-refractivity contribution < 1.29 is 14.6 Å². The van der Waals surface area contributed by atoms with E-state index in [-0.39, 0.29) is 5.91 Å². The highest BCUT2D eigenvalue weighted by Gasteiger charge is 2.44. The van der Waals surface area contributed by atoms with Crippen LogP contribution < -0.4 is 0 Å². The lowest BCUT2D eigenvalue weighted by Crippen LogP contribution is -2.56. The number of aliphatic hydroxyl groups is 1. The summed E-state index contributed by atoms with van der Waals surface area (Å²) in [7, 11) is 0. The zero-order valence-electron chi connectivity index (χ0n) is 13.9. The van der Waals surface area contributed by atoms with Gasteiger partial charge in [0, 0.05) is 25.3 Å². The number of carbonyl (C=O) groups is 1. The van der Waals surface area contributed by atoms with Gasteiger partial charge >= 0.3 is 0 Å². The molecule has 0 radical (unpaired) electrons. The highest BCUT2D eigenvalue weighted by atomic mass is 16.5. The lowest BCUT2D eigenvalue weighted by atomic mass is 9.82. The largest absolute Gasteiger partial charge is 0.390 e. The number of nitrogens with zero attached hydrogens (tertiary/aromatic N) is 5. The molecule has 1 amide bonds. The molecule has 1 atom stereocenters. The summed E-state index contributed by atoms with van der Waals surface area (Å²) in [5.74, 6) is 0.00316. The molecule has 2 aliphatic heterocycles. The minimum absolute atomic E-state index is 0.00316. The quantitative estimate of drug-likeness (QED) is 0.867. The average Bonchev–Trinajstić information content (AvgIpc) is 3.19. The fourth-order valence-electron chi connectivity index (χ4n) is 3.70. The molecule has 132 valence electrons. The molecule has 8 nitrogen and oxygen atoms in total. The number of tetrazole rings is 1. The van der Waals surface area contributed by atoms with Gasteiger partial charge in [-0.05, 0) is 60.4 Å². The van der Waals surface area contributed by atoms with Gasteiger partial charge < -0.3 is 14.7 Å². The van der Waals surface area contributed by atoms with E-state index in [1.165, 1.54) is 6.33 Å². The van der Waals surface area contributed by atoms with Crippen molar-refractivity contribution >= 4 is 5.91 Å². The van der Waals surface area contributed by atoms with Gasteiger partial charge in [-0.15, -0.1) is 5.10 Å². The zero-order valence-corrected chi connectivity index (χ0v) is 13.9. The number of hydrogen-bond donors (Lipinski definition) is 1. The van der Waals surface area contributed by atoms with Gasteiger partial charge in [0.05, 0.1) is 17.4 Å². The molecule has 0 unspecified atom stereocenters. The first-order chi connectivity index (χ1) is 12.2. The fourth-order valence-corrected chi connectivity index (χ4v) is 3.70. The Morgan fingerprint density at radius 3 is 2.64 bits per heavy atom. The number of amides is 1. The Hall–Kier alpha value is -2.32. The lowest BCUT2D eigenvalue weighted by Gasteiger charge is -2.46. The van der Waals surface area contributed by atoms with Gasteiger partial charge in [0.15, 0.2) is 0 Å². The van der Waals surface area contributed by atoms with Gasteiger partial charge in [-0.1, -0.05) is 0 Å². The lowest BCUT2D eigenvalue weighted by molar-refractivity contribution is -0.174. The zero-order chi connectivity index (χ0) is 17.3. The van der Waals surface area contributed by atoms with Crippen LogP contribution in [0.3, 0.4) is 0 Å². The third-order valence-corrected chi connectivity index (χ3v) is 5.24. The van der Waals surface area contributed by atoms with Crippen LogP contribution in [-0.4, -0.2) is 67.5 Å². The van der Waals surface area contributed by atoms with Crippen molar-refractivity contribution in [3.63, 3.8) is 0 Å². The molecule has 2 aromatic rings. The molecule has 4 rings (SSSR count). The van der Waals surface area contributed by atoms with Gasteiger partial charge in [-0.2, -0.15) is 0 Å². The first-order valence-corrected chi connectivity index (χ1v) is 8.63. The van der Waals surface area contributed by atoms with Crippen molar-refractivity contribution in [3.05, 3.63) is 36.2 Å². The summed E-state index contributed by atoms with van der Waals surface area (Å²) < 4.78 is 7.44. The number of aromatic nitrogens is 4. The number of likely N-dealkylation sites (tertiary alicyclic amines) is 1. The smallest absolute Gasteiger partial charge is 0.253 e. The second kappa shape index (κ2) is 6.53. The van der Waals surface area contributed by atoms with Gasteiger partial charge in [-0.3, -0.25) is 4.79 Å². The van der Waals surface area contributed by atoms with Crippen molar-refractivity contribution in [3.8, 4) is 5.69 Å². The number of carbonyl (C=O) groups excluding carboxylic acids is 1. The van der Waals surface area contributed by atoms with E-state index in [0.29, 0.717) is 38.1 Å². The van der Waals surface area contributed by atoms with Crippen LogP contribution in [0.1, 0.15) is 36.0 Å². The second-order valence-electron chi connectivity index (χ2n) is 6.66. The molecule has 1 N–H and O–H groups in total. The number of rotatable bonds is 2. The van der Waals surface area contributed by atoms with Crippen LogP contribution in [0.15, 0.2) is 30.6 Å². The van der Waals surface area contributed by atoms with Crippen LogP contribution in [0.5, 0.6) is 0 Å². The SMILES string of the molecule is O=C(c1ccc(-n2cnnn2)cc1)N1CCC2(CC1)OCCC[C@@H]2O. The Labute approximate surface area is 145 Å². The van der Waals surface area contributed by atoms with Crippen molar-refractivity contribution in [1.82, 2.24) is 25.1 Å². The minimum Gasteiger partial charge on any atom is -0.390 e. The number of benzene rings is 1. The Balaban J connectivity index is 1.42. The van der Waals surface area contributed by atoms with Crippen molar-refractivity contribution in [2.24, 2.45) is 0 Å². The topological polar surface area (TPSA) is 93.4 Å². The van der Waals surface area contributed by atoms with Gasteiger partial charge in [-0.25, -0.2) is 4.68 Å². The van der Waals surface area contributed by atoms with Crippen molar-refractivity contribution in [2.45, 2.75) is 37.4 Å². The summed E-state index contributed by atoms with van der Waals surface area (Å²) in [6.45, 7) is 1.90. The molecular formula is C17H21N5O3. The normalized spacial score (nSPS) is 22.9. The summed E-state index contributed by atoms with van der Waals surface area (Å²) in [6, 6.07) is 7.22. The number of aliphatic hydroxyl groups excluding tert-OH is 1. The summed E-state index contributed by atoms with van der Waals surface area (Å²) in [5, 5.41) is 21.3. The Kier molecular flexibility index (Phi) is 4.22. The van der Waals surface area contributed by atoms with E-state index in [2.05, 4.69) is 15.5 Å². The molecule has 0 aliphatic carbocycles. The van der Waals surface area contributed by atoms with E-state index >= 15 is 0 Å². The molecular weight excluding hydrogens is 322 g/mol. The van der Waals surface area contributed by atoms with Gasteiger partial charge in [0.1, 0.15) is 6.33 Å². The molecule has 1 spiro atoms. The third kappa shape index (κ3) is 3.03. The fraction of sp³-hybridized carbons (Fsp3) is 0.529. The number of ether oxygens (including phenoxy) is 1. The molecule has 8 heteroatoms. The van der Waals surface area contributed by atoms with Gasteiger partial charge in [0.2, 0.25) is 0 Å². The molecule has 1 aromatic heterocycles. The predicted molar refractivity (Wildman–Crippen MR) is 88.2 cm³/mol. The first-order valence-electron chi connectivity index (χ1n) is 8.63. The highest BCUT2D eigenvalue weighted by molar-refractivity contribution is 5.94. The monoisotopic (exact) mass is 343 g/mol. The first kappa shape index (κ1) is 16.2. The molecule has 2 fully saturated rings.